The molecule has 1 amide bonds. The molecule has 0 bridgehead atoms. The van der Waals surface area contributed by atoms with E-state index in [2.05, 4.69) is 27.7 Å². The van der Waals surface area contributed by atoms with Crippen LogP contribution in [0, 0.1) is 18.3 Å². The van der Waals surface area contributed by atoms with Crippen molar-refractivity contribution in [3.63, 3.8) is 0 Å². The second-order valence-corrected chi connectivity index (χ2v) is 8.58. The van der Waals surface area contributed by atoms with Gasteiger partial charge in [0.05, 0.1) is 17.8 Å². The molecule has 4 rings (SSSR count). The van der Waals surface area contributed by atoms with Gasteiger partial charge in [0, 0.05) is 32.0 Å². The number of rotatable bonds is 5. The molecule has 9 heteroatoms. The summed E-state index contributed by atoms with van der Waals surface area (Å²) in [7, 11) is 1.95. The van der Waals surface area contributed by atoms with Crippen LogP contribution in [0.2, 0.25) is 0 Å². The maximum Gasteiger partial charge on any atom is 0.420 e. The van der Waals surface area contributed by atoms with Crippen molar-refractivity contribution in [3.8, 4) is 12.3 Å². The van der Waals surface area contributed by atoms with Crippen molar-refractivity contribution in [3.05, 3.63) is 48.4 Å². The Balaban J connectivity index is 1.53. The maximum atomic E-state index is 12.8. The smallest absolute Gasteiger partial charge is 0.420 e. The van der Waals surface area contributed by atoms with E-state index >= 15 is 0 Å². The summed E-state index contributed by atoms with van der Waals surface area (Å²) in [6.45, 7) is 3.55. The SMILES string of the molecule is C#CCC(=O)N1CCC(C)C(N(C)c2ncnc3c2ccn3C(=O)OCc2ccc(N)cc2)C1. The van der Waals surface area contributed by atoms with Crippen LogP contribution in [0.1, 0.15) is 25.3 Å². The summed E-state index contributed by atoms with van der Waals surface area (Å²) < 4.78 is 6.84. The normalized spacial score (nSPS) is 17.9. The molecular weight excluding hydrogens is 432 g/mol. The van der Waals surface area contributed by atoms with Gasteiger partial charge in [0.2, 0.25) is 5.91 Å². The van der Waals surface area contributed by atoms with Gasteiger partial charge in [-0.15, -0.1) is 6.42 Å². The molecule has 3 aromatic rings. The number of anilines is 2. The molecule has 0 aliphatic carbocycles. The van der Waals surface area contributed by atoms with Crippen LogP contribution in [-0.4, -0.2) is 57.6 Å². The van der Waals surface area contributed by atoms with E-state index in [0.29, 0.717) is 36.2 Å². The van der Waals surface area contributed by atoms with Gasteiger partial charge < -0.3 is 20.3 Å². The molecule has 1 saturated heterocycles. The number of piperidine rings is 1. The van der Waals surface area contributed by atoms with Gasteiger partial charge in [0.15, 0.2) is 5.65 Å². The molecule has 1 aliphatic heterocycles. The lowest BCUT2D eigenvalue weighted by Gasteiger charge is -2.42. The molecule has 34 heavy (non-hydrogen) atoms. The van der Waals surface area contributed by atoms with Crippen LogP contribution >= 0.6 is 0 Å². The number of hydrogen-bond acceptors (Lipinski definition) is 7. The zero-order valence-corrected chi connectivity index (χ0v) is 19.3. The molecule has 0 radical (unpaired) electrons. The lowest BCUT2D eigenvalue weighted by molar-refractivity contribution is -0.131. The van der Waals surface area contributed by atoms with Crippen LogP contribution < -0.4 is 10.6 Å². The number of carbonyl (C=O) groups excluding carboxylic acids is 2. The molecule has 0 saturated carbocycles. The number of nitrogens with two attached hydrogens (primary N) is 1. The largest absolute Gasteiger partial charge is 0.444 e. The van der Waals surface area contributed by atoms with Gasteiger partial charge in [-0.25, -0.2) is 19.3 Å². The highest BCUT2D eigenvalue weighted by molar-refractivity contribution is 5.93. The van der Waals surface area contributed by atoms with Gasteiger partial charge in [-0.1, -0.05) is 25.0 Å². The van der Waals surface area contributed by atoms with Crippen molar-refractivity contribution in [1.82, 2.24) is 19.4 Å². The maximum absolute atomic E-state index is 12.8. The van der Waals surface area contributed by atoms with Crippen LogP contribution in [0.15, 0.2) is 42.9 Å². The molecule has 2 unspecified atom stereocenters. The zero-order chi connectivity index (χ0) is 24.2. The summed E-state index contributed by atoms with van der Waals surface area (Å²) in [5, 5.41) is 0.730. The van der Waals surface area contributed by atoms with Crippen LogP contribution in [-0.2, 0) is 16.1 Å². The molecular formula is C25H28N6O3. The molecule has 3 heterocycles. The molecule has 9 nitrogen and oxygen atoms in total. The van der Waals surface area contributed by atoms with Gasteiger partial charge in [-0.05, 0) is 36.1 Å². The third-order valence-electron chi connectivity index (χ3n) is 6.36. The minimum Gasteiger partial charge on any atom is -0.444 e. The average Bonchev–Trinajstić information content (AvgIpc) is 3.28. The second kappa shape index (κ2) is 9.83. The molecule has 1 fully saturated rings. The Morgan fingerprint density at radius 2 is 2.03 bits per heavy atom. The summed E-state index contributed by atoms with van der Waals surface area (Å²) >= 11 is 0. The quantitative estimate of drug-likeness (QED) is 0.461. The first-order valence-electron chi connectivity index (χ1n) is 11.2. The first kappa shape index (κ1) is 23.1. The highest BCUT2D eigenvalue weighted by Crippen LogP contribution is 2.29. The molecule has 176 valence electrons. The summed E-state index contributed by atoms with van der Waals surface area (Å²) in [6, 6.07) is 9.01. The number of fused-ring (bicyclic) bond motifs is 1. The average molecular weight is 461 g/mol. The van der Waals surface area contributed by atoms with Crippen molar-refractivity contribution in [2.75, 3.05) is 30.8 Å². The first-order valence-corrected chi connectivity index (χ1v) is 11.2. The fraction of sp³-hybridized carbons (Fsp3) is 0.360. The molecule has 2 aromatic heterocycles. The van der Waals surface area contributed by atoms with Gasteiger partial charge >= 0.3 is 6.09 Å². The number of nitrogens with zero attached hydrogens (tertiary/aromatic N) is 5. The number of amides is 1. The summed E-state index contributed by atoms with van der Waals surface area (Å²) in [6.07, 6.45) is 8.84. The second-order valence-electron chi connectivity index (χ2n) is 8.58. The lowest BCUT2D eigenvalue weighted by Crippen LogP contribution is -2.52. The van der Waals surface area contributed by atoms with Gasteiger partial charge in [0.25, 0.3) is 0 Å². The molecule has 1 aliphatic rings. The number of likely N-dealkylation sites (tertiary alicyclic amines) is 1. The Morgan fingerprint density at radius 3 is 2.76 bits per heavy atom. The van der Waals surface area contributed by atoms with Gasteiger partial charge in [-0.3, -0.25) is 4.79 Å². The third-order valence-corrected chi connectivity index (χ3v) is 6.36. The van der Waals surface area contributed by atoms with E-state index in [9.17, 15) is 9.59 Å². The summed E-state index contributed by atoms with van der Waals surface area (Å²) in [4.78, 5) is 37.8. The standard InChI is InChI=1S/C25H28N6O3/c1-4-5-22(32)30-12-10-17(2)21(14-30)29(3)23-20-11-13-31(24(20)28-16-27-23)25(33)34-15-18-6-8-19(26)9-7-18/h1,6-9,11,13,16-17,21H,5,10,12,14-15,26H2,2-3H3. The van der Waals surface area contributed by atoms with E-state index in [4.69, 9.17) is 16.9 Å². The van der Waals surface area contributed by atoms with Crippen LogP contribution in [0.3, 0.4) is 0 Å². The van der Waals surface area contributed by atoms with Gasteiger partial charge in [0.1, 0.15) is 18.8 Å². The number of aromatic nitrogens is 3. The Morgan fingerprint density at radius 1 is 1.26 bits per heavy atom. The van der Waals surface area contributed by atoms with Crippen molar-refractivity contribution in [2.24, 2.45) is 5.92 Å². The first-order chi connectivity index (χ1) is 16.4. The summed E-state index contributed by atoms with van der Waals surface area (Å²) in [5.74, 6) is 3.44. The Labute approximate surface area is 198 Å². The zero-order valence-electron chi connectivity index (χ0n) is 19.3. The number of hydrogen-bond donors (Lipinski definition) is 1. The van der Waals surface area contributed by atoms with Crippen LogP contribution in [0.4, 0.5) is 16.3 Å². The number of ether oxygens (including phenoxy) is 1. The topological polar surface area (TPSA) is 107 Å². The fourth-order valence-electron chi connectivity index (χ4n) is 4.33. The highest BCUT2D eigenvalue weighted by atomic mass is 16.5. The number of likely N-dealkylation sites (N-methyl/N-ethyl adjacent to an activating group) is 1. The molecule has 1 aromatic carbocycles. The number of terminal acetylenes is 1. The number of carbonyl (C=O) groups is 2. The molecule has 2 N–H and O–H groups in total. The Hall–Kier alpha value is -4.06. The Bertz CT molecular complexity index is 1230. The predicted octanol–water partition coefficient (Wildman–Crippen LogP) is 2.89. The van der Waals surface area contributed by atoms with E-state index in [-0.39, 0.29) is 25.0 Å². The van der Waals surface area contributed by atoms with E-state index in [0.717, 1.165) is 17.4 Å². The fourth-order valence-corrected chi connectivity index (χ4v) is 4.33. The predicted molar refractivity (Wildman–Crippen MR) is 130 cm³/mol. The minimum atomic E-state index is -0.531. The van der Waals surface area contributed by atoms with Crippen molar-refractivity contribution >= 4 is 34.5 Å². The number of nitrogen functional groups attached to an aromatic ring is 1. The van der Waals surface area contributed by atoms with Crippen molar-refractivity contribution < 1.29 is 14.3 Å². The Kier molecular flexibility index (Phi) is 6.68. The highest BCUT2D eigenvalue weighted by Gasteiger charge is 2.32. The van der Waals surface area contributed by atoms with Crippen LogP contribution in [0.25, 0.3) is 11.0 Å². The molecule has 0 spiro atoms. The lowest BCUT2D eigenvalue weighted by atomic mass is 9.92. The van der Waals surface area contributed by atoms with E-state index in [1.165, 1.54) is 10.9 Å². The number of benzene rings is 1. The molecule has 2 atom stereocenters. The van der Waals surface area contributed by atoms with E-state index in [1.807, 2.05) is 24.1 Å². The third kappa shape index (κ3) is 4.66. The monoisotopic (exact) mass is 460 g/mol. The van der Waals surface area contributed by atoms with E-state index < -0.39 is 6.09 Å². The van der Waals surface area contributed by atoms with Crippen molar-refractivity contribution in [2.45, 2.75) is 32.4 Å². The van der Waals surface area contributed by atoms with Gasteiger partial charge in [-0.2, -0.15) is 0 Å². The van der Waals surface area contributed by atoms with Crippen LogP contribution in [0.5, 0.6) is 0 Å². The minimum absolute atomic E-state index is 0.0318. The summed E-state index contributed by atoms with van der Waals surface area (Å²) in [5.41, 5.74) is 7.65. The van der Waals surface area contributed by atoms with Crippen molar-refractivity contribution in [1.29, 1.82) is 0 Å². The van der Waals surface area contributed by atoms with E-state index in [1.54, 1.807) is 24.4 Å².